The Hall–Kier alpha value is -1.20. The lowest BCUT2D eigenvalue weighted by Crippen LogP contribution is -2.28. The summed E-state index contributed by atoms with van der Waals surface area (Å²) >= 11 is 14.2. The molecule has 1 fully saturated rings. The molecule has 0 amide bonds. The summed E-state index contributed by atoms with van der Waals surface area (Å²) in [4.78, 5) is 0. The van der Waals surface area contributed by atoms with Crippen molar-refractivity contribution in [2.24, 2.45) is 14.0 Å². The lowest BCUT2D eigenvalue weighted by atomic mass is 9.82. The van der Waals surface area contributed by atoms with Crippen LogP contribution in [0.2, 0.25) is 6.04 Å². The third kappa shape index (κ3) is 9.34. The molecule has 0 bridgehead atoms. The highest BCUT2D eigenvalue weighted by molar-refractivity contribution is 7.78. The summed E-state index contributed by atoms with van der Waals surface area (Å²) in [7, 11) is -2.81. The van der Waals surface area contributed by atoms with E-state index in [1.54, 1.807) is 0 Å². The topological polar surface area (TPSA) is 46.3 Å². The van der Waals surface area contributed by atoms with Gasteiger partial charge in [-0.25, -0.2) is 14.0 Å². The maximum atomic E-state index is 6.14. The first-order valence-electron chi connectivity index (χ1n) is 11.6. The van der Waals surface area contributed by atoms with Crippen molar-refractivity contribution in [1.82, 2.24) is 0 Å². The first-order chi connectivity index (χ1) is 15.7. The number of rotatable bonds is 14. The molecule has 0 radical (unpaired) electrons. The quantitative estimate of drug-likeness (QED) is 0.114. The number of aryl methyl sites for hydroxylation is 1. The predicted molar refractivity (Wildman–Crippen MR) is 145 cm³/mol. The summed E-state index contributed by atoms with van der Waals surface area (Å²) in [5.74, 6) is 0.648. The van der Waals surface area contributed by atoms with Crippen LogP contribution in [0, 0.1) is 0 Å². The van der Waals surface area contributed by atoms with Crippen molar-refractivity contribution in [3.05, 3.63) is 35.4 Å². The molecule has 0 unspecified atom stereocenters. The maximum absolute atomic E-state index is 6.14. The largest absolute Gasteiger partial charge is 0.461 e. The molecule has 0 spiro atoms. The Morgan fingerprint density at radius 2 is 1.50 bits per heavy atom. The van der Waals surface area contributed by atoms with Gasteiger partial charge in [-0.15, -0.1) is 0 Å². The van der Waals surface area contributed by atoms with Crippen LogP contribution in [0.15, 0.2) is 38.2 Å². The van der Waals surface area contributed by atoms with Crippen molar-refractivity contribution >= 4 is 60.7 Å². The van der Waals surface area contributed by atoms with Crippen LogP contribution in [-0.4, -0.2) is 36.8 Å². The highest BCUT2D eigenvalue weighted by atomic mass is 32.1. The van der Waals surface area contributed by atoms with Crippen LogP contribution >= 0.6 is 36.7 Å². The monoisotopic (exact) mass is 503 g/mol. The second-order valence-electron chi connectivity index (χ2n) is 8.38. The number of ether oxygens (including phenoxy) is 1. The number of hydrogen-bond acceptors (Lipinski definition) is 7. The van der Waals surface area contributed by atoms with Gasteiger partial charge in [0.1, 0.15) is 0 Å². The lowest BCUT2D eigenvalue weighted by Gasteiger charge is -2.29. The van der Waals surface area contributed by atoms with E-state index in [0.29, 0.717) is 24.7 Å². The number of thiocarbonyl (C=S) groups is 3. The summed E-state index contributed by atoms with van der Waals surface area (Å²) in [6, 6.07) is 9.96. The van der Waals surface area contributed by atoms with Crippen LogP contribution in [-0.2, 0) is 11.2 Å². The molecule has 1 aliphatic rings. The van der Waals surface area contributed by atoms with Crippen molar-refractivity contribution in [3.8, 4) is 0 Å². The van der Waals surface area contributed by atoms with E-state index in [1.807, 2.05) is 0 Å². The van der Waals surface area contributed by atoms with Gasteiger partial charge in [-0.2, -0.15) is 0 Å². The molecule has 4 nitrogen and oxygen atoms in total. The fourth-order valence-corrected chi connectivity index (χ4v) is 7.16. The fraction of sp³-hybridized carbons (Fsp3) is 0.625. The number of hydrogen-bond donors (Lipinski definition) is 0. The minimum atomic E-state index is -2.81. The molecule has 32 heavy (non-hydrogen) atoms. The first-order valence-corrected chi connectivity index (χ1v) is 14.9. The van der Waals surface area contributed by atoms with Crippen LogP contribution < -0.4 is 0 Å². The Morgan fingerprint density at radius 3 is 2.06 bits per heavy atom. The lowest BCUT2D eigenvalue weighted by molar-refractivity contribution is 0.0250. The van der Waals surface area contributed by atoms with Crippen molar-refractivity contribution < 1.29 is 4.74 Å². The van der Waals surface area contributed by atoms with E-state index in [9.17, 15) is 0 Å². The predicted octanol–water partition coefficient (Wildman–Crippen LogP) is 7.49. The van der Waals surface area contributed by atoms with Crippen molar-refractivity contribution in [2.45, 2.75) is 89.2 Å². The molecule has 0 N–H and O–H groups in total. The second-order valence-corrected chi connectivity index (χ2v) is 11.7. The fourth-order valence-electron chi connectivity index (χ4n) is 4.30. The molecule has 8 heteroatoms. The molecule has 1 aromatic rings. The Bertz CT molecular complexity index is 791. The van der Waals surface area contributed by atoms with Gasteiger partial charge in [0.15, 0.2) is 0 Å². The van der Waals surface area contributed by atoms with E-state index >= 15 is 0 Å². The Balaban J connectivity index is 1.73. The average molecular weight is 504 g/mol. The second kappa shape index (κ2) is 15.6. The molecule has 0 aliphatic heterocycles. The Morgan fingerprint density at radius 1 is 0.875 bits per heavy atom. The number of nitrogens with zero attached hydrogens (tertiary/aromatic N) is 3. The van der Waals surface area contributed by atoms with Crippen LogP contribution in [0.5, 0.6) is 0 Å². The third-order valence-electron chi connectivity index (χ3n) is 6.13. The van der Waals surface area contributed by atoms with Crippen LogP contribution in [0.1, 0.15) is 81.8 Å². The van der Waals surface area contributed by atoms with E-state index in [4.69, 9.17) is 41.4 Å². The van der Waals surface area contributed by atoms with Gasteiger partial charge in [0, 0.05) is 12.7 Å². The van der Waals surface area contributed by atoms with Crippen molar-refractivity contribution in [2.75, 3.05) is 6.61 Å². The normalized spacial score (nSPS) is 19.7. The molecule has 0 atom stereocenters. The van der Waals surface area contributed by atoms with Gasteiger partial charge < -0.3 is 4.74 Å². The summed E-state index contributed by atoms with van der Waals surface area (Å²) in [5.41, 5.74) is 2.95. The molecular formula is C24H33N3OS3Si. The summed E-state index contributed by atoms with van der Waals surface area (Å²) in [5, 5.41) is 7.13. The van der Waals surface area contributed by atoms with E-state index in [0.717, 1.165) is 19.3 Å². The van der Waals surface area contributed by atoms with Crippen molar-refractivity contribution in [3.63, 3.8) is 0 Å². The number of unbranched alkanes of at least 4 members (excludes halogenated alkanes) is 3. The molecule has 1 aliphatic carbocycles. The highest BCUT2D eigenvalue weighted by Gasteiger charge is 2.34. The zero-order valence-electron chi connectivity index (χ0n) is 18.9. The van der Waals surface area contributed by atoms with Gasteiger partial charge in [-0.3, -0.25) is 0 Å². The molecule has 0 aromatic heterocycles. The van der Waals surface area contributed by atoms with Gasteiger partial charge in [-0.1, -0.05) is 50.5 Å². The molecule has 172 valence electrons. The molecule has 0 saturated heterocycles. The van der Waals surface area contributed by atoms with E-state index < -0.39 is 8.56 Å². The Kier molecular flexibility index (Phi) is 13.2. The summed E-state index contributed by atoms with van der Waals surface area (Å²) in [6.45, 7) is 2.90. The van der Waals surface area contributed by atoms with Crippen molar-refractivity contribution in [1.29, 1.82) is 0 Å². The van der Waals surface area contributed by atoms with E-state index in [2.05, 4.69) is 60.6 Å². The molecule has 0 heterocycles. The van der Waals surface area contributed by atoms with Crippen LogP contribution in [0.4, 0.5) is 0 Å². The molecule has 2 rings (SSSR count). The average Bonchev–Trinajstić information content (AvgIpc) is 2.81. The number of benzene rings is 1. The Labute approximate surface area is 209 Å². The summed E-state index contributed by atoms with van der Waals surface area (Å²) in [6.07, 6.45) is 12.1. The first kappa shape index (κ1) is 27.0. The maximum Gasteiger partial charge on any atom is 0.461 e. The smallest absolute Gasteiger partial charge is 0.378 e. The van der Waals surface area contributed by atoms with Gasteiger partial charge in [-0.05, 0) is 98.6 Å². The number of isothiocyanates is 3. The minimum Gasteiger partial charge on any atom is -0.378 e. The van der Waals surface area contributed by atoms with E-state index in [1.165, 1.54) is 56.1 Å². The molecular weight excluding hydrogens is 471 g/mol. The van der Waals surface area contributed by atoms with Crippen LogP contribution in [0.3, 0.4) is 0 Å². The van der Waals surface area contributed by atoms with Gasteiger partial charge in [0.05, 0.1) is 21.6 Å². The molecule has 1 saturated carbocycles. The van der Waals surface area contributed by atoms with Crippen LogP contribution in [0.25, 0.3) is 0 Å². The minimum absolute atomic E-state index is 0.317. The highest BCUT2D eigenvalue weighted by Crippen LogP contribution is 2.34. The molecule has 1 aromatic carbocycles. The third-order valence-corrected chi connectivity index (χ3v) is 9.32. The van der Waals surface area contributed by atoms with Gasteiger partial charge in [0.2, 0.25) is 0 Å². The van der Waals surface area contributed by atoms with Gasteiger partial charge >= 0.3 is 8.56 Å². The van der Waals surface area contributed by atoms with Gasteiger partial charge in [0.25, 0.3) is 0 Å². The zero-order valence-corrected chi connectivity index (χ0v) is 22.4. The zero-order chi connectivity index (χ0) is 23.1. The SMILES string of the molecule is CCCCCCc1ccc([C@H]2CC[C@H](OCCC[Si](N=C=S)(N=C=S)N=C=S)CC2)cc1. The standard InChI is InChI=1S/C24H33N3OS3Si/c1-2-3-4-5-7-21-8-10-22(11-9-21)23-12-14-24(15-13-23)28-16-6-17-32(25-18-29,26-19-30)27-20-31/h8-11,23-24H,2-7,12-17H2,1H3/t23-,24-. The van der Waals surface area contributed by atoms with E-state index in [-0.39, 0.29) is 0 Å². The summed E-state index contributed by atoms with van der Waals surface area (Å²) < 4.78 is 18.6.